The number of phenolic OH excluding ortho intramolecular Hbond substituents is 1. The zero-order valence-electron chi connectivity index (χ0n) is 13.4. The molecule has 4 N–H and O–H groups in total. The fraction of sp³-hybridized carbons (Fsp3) is 0. The molecule has 3 rings (SSSR count). The fourth-order valence-corrected chi connectivity index (χ4v) is 1.81. The summed E-state index contributed by atoms with van der Waals surface area (Å²) < 4.78 is 10.3. The van der Waals surface area contributed by atoms with Gasteiger partial charge in [0, 0.05) is 0 Å². The van der Waals surface area contributed by atoms with E-state index >= 15 is 0 Å². The van der Waals surface area contributed by atoms with Crippen molar-refractivity contribution < 1.29 is 24.3 Å². The second-order valence-corrected chi connectivity index (χ2v) is 4.75. The molecule has 3 aromatic rings. The quantitative estimate of drug-likeness (QED) is 0.489. The Bertz CT molecular complexity index is 701. The Morgan fingerprint density at radius 2 is 1.12 bits per heavy atom. The van der Waals surface area contributed by atoms with Crippen LogP contribution in [-0.2, 0) is 0 Å². The average molecular weight is 339 g/mol. The van der Waals surface area contributed by atoms with Gasteiger partial charge >= 0.3 is 7.32 Å². The first-order valence-electron chi connectivity index (χ1n) is 7.45. The molecule has 0 heterocycles. The molecule has 0 spiro atoms. The van der Waals surface area contributed by atoms with Crippen LogP contribution in [0.5, 0.6) is 23.0 Å². The van der Waals surface area contributed by atoms with E-state index in [0.717, 1.165) is 0 Å². The van der Waals surface area contributed by atoms with Gasteiger partial charge in [-0.1, -0.05) is 48.5 Å². The molecule has 6 nitrogen and oxygen atoms in total. The van der Waals surface area contributed by atoms with Gasteiger partial charge in [0.05, 0.1) is 0 Å². The molecule has 128 valence electrons. The SMILES string of the molecule is NOc1ccccc1O.OB(Oc1ccccc1)Oc1ccccc1. The van der Waals surface area contributed by atoms with Gasteiger partial charge in [0.1, 0.15) is 11.5 Å². The monoisotopic (exact) mass is 339 g/mol. The van der Waals surface area contributed by atoms with Crippen LogP contribution < -0.4 is 20.0 Å². The van der Waals surface area contributed by atoms with E-state index in [9.17, 15) is 5.02 Å². The Kier molecular flexibility index (Phi) is 7.18. The van der Waals surface area contributed by atoms with E-state index in [1.807, 2.05) is 36.4 Å². The summed E-state index contributed by atoms with van der Waals surface area (Å²) in [5.74, 6) is 6.26. The highest BCUT2D eigenvalue weighted by Crippen LogP contribution is 2.22. The van der Waals surface area contributed by atoms with Crippen LogP contribution in [0.25, 0.3) is 0 Å². The molecule has 0 amide bonds. The molecule has 0 aliphatic heterocycles. The van der Waals surface area contributed by atoms with Crippen molar-refractivity contribution in [2.75, 3.05) is 0 Å². The molecule has 0 bridgehead atoms. The summed E-state index contributed by atoms with van der Waals surface area (Å²) in [6.45, 7) is 0. The molecule has 0 aliphatic carbocycles. The van der Waals surface area contributed by atoms with E-state index in [1.54, 1.807) is 42.5 Å². The highest BCUT2D eigenvalue weighted by molar-refractivity contribution is 6.36. The van der Waals surface area contributed by atoms with Crippen LogP contribution in [0.15, 0.2) is 84.9 Å². The topological polar surface area (TPSA) is 94.2 Å². The molecule has 25 heavy (non-hydrogen) atoms. The van der Waals surface area contributed by atoms with Crippen LogP contribution in [0.2, 0.25) is 0 Å². The van der Waals surface area contributed by atoms with Gasteiger partial charge < -0.3 is 24.3 Å². The maximum atomic E-state index is 9.51. The zero-order valence-corrected chi connectivity index (χ0v) is 13.4. The molecule has 7 heteroatoms. The van der Waals surface area contributed by atoms with Crippen molar-refractivity contribution in [2.24, 2.45) is 5.90 Å². The maximum Gasteiger partial charge on any atom is 0.785 e. The molecular weight excluding hydrogens is 321 g/mol. The van der Waals surface area contributed by atoms with E-state index in [1.165, 1.54) is 6.07 Å². The van der Waals surface area contributed by atoms with E-state index in [2.05, 4.69) is 4.84 Å². The van der Waals surface area contributed by atoms with E-state index in [-0.39, 0.29) is 11.5 Å². The van der Waals surface area contributed by atoms with E-state index in [4.69, 9.17) is 20.3 Å². The van der Waals surface area contributed by atoms with Crippen LogP contribution >= 0.6 is 0 Å². The number of benzene rings is 3. The lowest BCUT2D eigenvalue weighted by molar-refractivity contribution is 0.298. The minimum Gasteiger partial charge on any atom is -0.504 e. The number of rotatable bonds is 5. The Morgan fingerprint density at radius 3 is 1.52 bits per heavy atom. The largest absolute Gasteiger partial charge is 0.785 e. The predicted molar refractivity (Wildman–Crippen MR) is 95.0 cm³/mol. The zero-order chi connectivity index (χ0) is 17.9. The van der Waals surface area contributed by atoms with Crippen LogP contribution in [-0.4, -0.2) is 17.5 Å². The van der Waals surface area contributed by atoms with Gasteiger partial charge in [-0.2, -0.15) is 5.90 Å². The van der Waals surface area contributed by atoms with Gasteiger partial charge in [-0.25, -0.2) is 0 Å². The second kappa shape index (κ2) is 9.87. The Balaban J connectivity index is 0.000000212. The van der Waals surface area contributed by atoms with E-state index in [0.29, 0.717) is 11.5 Å². The average Bonchev–Trinajstić information content (AvgIpc) is 2.64. The third kappa shape index (κ3) is 6.46. The molecular formula is C18H18BNO5. The molecule has 0 saturated carbocycles. The smallest absolute Gasteiger partial charge is 0.504 e. The van der Waals surface area contributed by atoms with Crippen LogP contribution in [0.4, 0.5) is 0 Å². The molecule has 3 aromatic carbocycles. The molecule has 0 saturated heterocycles. The minimum atomic E-state index is -1.30. The maximum absolute atomic E-state index is 9.51. The number of hydrogen-bond donors (Lipinski definition) is 3. The standard InChI is InChI=1S/C12H11BO3.C6H7NO2/c14-13(15-11-7-3-1-4-8-11)16-12-9-5-2-6-10-12;7-9-6-4-2-1-3-5(6)8/h1-10,14H;1-4,8H,7H2. The molecule has 0 atom stereocenters. The first-order valence-corrected chi connectivity index (χ1v) is 7.45. The fourth-order valence-electron chi connectivity index (χ4n) is 1.81. The first-order chi connectivity index (χ1) is 12.2. The van der Waals surface area contributed by atoms with Crippen LogP contribution in [0.1, 0.15) is 0 Å². The van der Waals surface area contributed by atoms with Crippen molar-refractivity contribution >= 4 is 7.32 Å². The van der Waals surface area contributed by atoms with Gasteiger partial charge in [-0.3, -0.25) is 0 Å². The third-order valence-electron chi connectivity index (χ3n) is 2.95. The van der Waals surface area contributed by atoms with Crippen molar-refractivity contribution in [1.29, 1.82) is 0 Å². The third-order valence-corrected chi connectivity index (χ3v) is 2.95. The van der Waals surface area contributed by atoms with Gasteiger partial charge in [0.2, 0.25) is 0 Å². The van der Waals surface area contributed by atoms with Gasteiger partial charge in [0.25, 0.3) is 0 Å². The summed E-state index contributed by atoms with van der Waals surface area (Å²) in [7, 11) is -1.30. The highest BCUT2D eigenvalue weighted by Gasteiger charge is 2.20. The van der Waals surface area contributed by atoms with Gasteiger partial charge in [-0.15, -0.1) is 0 Å². The minimum absolute atomic E-state index is 0.0556. The molecule has 0 unspecified atom stereocenters. The lowest BCUT2D eigenvalue weighted by Gasteiger charge is -2.10. The number of phenols is 1. The van der Waals surface area contributed by atoms with Gasteiger partial charge in [0.15, 0.2) is 11.5 Å². The number of para-hydroxylation sites is 4. The number of aromatic hydroxyl groups is 1. The van der Waals surface area contributed by atoms with Crippen LogP contribution in [0, 0.1) is 0 Å². The molecule has 0 aromatic heterocycles. The lowest BCUT2D eigenvalue weighted by atomic mass is 10.2. The summed E-state index contributed by atoms with van der Waals surface area (Å²) >= 11 is 0. The van der Waals surface area contributed by atoms with Crippen molar-refractivity contribution in [1.82, 2.24) is 0 Å². The summed E-state index contributed by atoms with van der Waals surface area (Å²) in [6, 6.07) is 24.5. The Labute approximate surface area is 146 Å². The lowest BCUT2D eigenvalue weighted by Crippen LogP contribution is -2.29. The van der Waals surface area contributed by atoms with Crippen molar-refractivity contribution in [3.8, 4) is 23.0 Å². The number of nitrogens with two attached hydrogens (primary N) is 1. The van der Waals surface area contributed by atoms with Crippen LogP contribution in [0.3, 0.4) is 0 Å². The highest BCUT2D eigenvalue weighted by atomic mass is 16.7. The van der Waals surface area contributed by atoms with E-state index < -0.39 is 7.32 Å². The Hall–Kier alpha value is -3.16. The number of hydrogen-bond acceptors (Lipinski definition) is 6. The summed E-state index contributed by atoms with van der Waals surface area (Å²) in [5.41, 5.74) is 0. The Morgan fingerprint density at radius 1 is 0.680 bits per heavy atom. The van der Waals surface area contributed by atoms with Crippen molar-refractivity contribution in [3.05, 3.63) is 84.9 Å². The predicted octanol–water partition coefficient (Wildman–Crippen LogP) is 2.77. The second-order valence-electron chi connectivity index (χ2n) is 4.75. The summed E-state index contributed by atoms with van der Waals surface area (Å²) in [6.07, 6.45) is 0. The first kappa shape index (κ1) is 18.2. The summed E-state index contributed by atoms with van der Waals surface area (Å²) in [5, 5.41) is 18.4. The molecule has 0 aliphatic rings. The van der Waals surface area contributed by atoms with Crippen molar-refractivity contribution in [3.63, 3.8) is 0 Å². The summed E-state index contributed by atoms with van der Waals surface area (Å²) in [4.78, 5) is 4.29. The van der Waals surface area contributed by atoms with Crippen molar-refractivity contribution in [2.45, 2.75) is 0 Å². The van der Waals surface area contributed by atoms with Gasteiger partial charge in [-0.05, 0) is 36.4 Å². The molecule has 0 fully saturated rings. The molecule has 0 radical (unpaired) electrons. The normalized spacial score (nSPS) is 9.36.